The summed E-state index contributed by atoms with van der Waals surface area (Å²) in [5, 5.41) is 3.56. The zero-order valence-corrected chi connectivity index (χ0v) is 8.12. The molecule has 7 heteroatoms. The summed E-state index contributed by atoms with van der Waals surface area (Å²) in [6, 6.07) is 0.0428. The van der Waals surface area contributed by atoms with Gasteiger partial charge in [0.1, 0.15) is 6.61 Å². The standard InChI is InChI=1S/C8H9N5O2/c1-5-2-13-3-6(11-12-9)4-15-8(13)10-7(5)14/h2,6H,3-4H2,1H3. The van der Waals surface area contributed by atoms with Gasteiger partial charge in [0, 0.05) is 23.2 Å². The Morgan fingerprint density at radius 1 is 1.80 bits per heavy atom. The molecule has 78 valence electrons. The zero-order valence-electron chi connectivity index (χ0n) is 8.12. The van der Waals surface area contributed by atoms with Gasteiger partial charge in [0.25, 0.3) is 11.6 Å². The van der Waals surface area contributed by atoms with E-state index >= 15 is 0 Å². The van der Waals surface area contributed by atoms with E-state index in [0.717, 1.165) is 0 Å². The summed E-state index contributed by atoms with van der Waals surface area (Å²) in [7, 11) is 0. The monoisotopic (exact) mass is 207 g/mol. The number of rotatable bonds is 1. The lowest BCUT2D eigenvalue weighted by Gasteiger charge is -2.22. The third-order valence-corrected chi connectivity index (χ3v) is 2.16. The SMILES string of the molecule is Cc1cn2c(nc1=O)OCC(N=[N+]=[N-])C2. The Morgan fingerprint density at radius 3 is 3.33 bits per heavy atom. The summed E-state index contributed by atoms with van der Waals surface area (Å²) in [4.78, 5) is 17.7. The normalized spacial score (nSPS) is 18.6. The quantitative estimate of drug-likeness (QED) is 0.384. The van der Waals surface area contributed by atoms with Crippen molar-refractivity contribution in [1.29, 1.82) is 0 Å². The number of nitrogens with zero attached hydrogens (tertiary/aromatic N) is 5. The van der Waals surface area contributed by atoms with Crippen molar-refractivity contribution in [2.24, 2.45) is 5.11 Å². The Bertz CT molecular complexity index is 488. The lowest BCUT2D eigenvalue weighted by Crippen LogP contribution is -2.31. The number of hydrogen-bond donors (Lipinski definition) is 0. The van der Waals surface area contributed by atoms with Crippen LogP contribution in [0.5, 0.6) is 6.01 Å². The minimum atomic E-state index is -0.288. The van der Waals surface area contributed by atoms with Crippen LogP contribution in [0.25, 0.3) is 10.4 Å². The molecule has 0 bridgehead atoms. The molecule has 0 aromatic carbocycles. The van der Waals surface area contributed by atoms with Crippen LogP contribution in [-0.4, -0.2) is 22.2 Å². The zero-order chi connectivity index (χ0) is 10.8. The van der Waals surface area contributed by atoms with Crippen LogP contribution in [0.1, 0.15) is 5.56 Å². The van der Waals surface area contributed by atoms with Crippen LogP contribution in [0.2, 0.25) is 0 Å². The molecule has 0 saturated carbocycles. The van der Waals surface area contributed by atoms with Crippen molar-refractivity contribution < 1.29 is 4.74 Å². The van der Waals surface area contributed by atoms with Gasteiger partial charge in [-0.15, -0.1) is 0 Å². The average molecular weight is 207 g/mol. The molecular weight excluding hydrogens is 198 g/mol. The molecule has 0 aliphatic carbocycles. The van der Waals surface area contributed by atoms with E-state index in [1.165, 1.54) is 0 Å². The summed E-state index contributed by atoms with van der Waals surface area (Å²) >= 11 is 0. The van der Waals surface area contributed by atoms with E-state index in [0.29, 0.717) is 12.1 Å². The van der Waals surface area contributed by atoms with Crippen molar-refractivity contribution in [1.82, 2.24) is 9.55 Å². The van der Waals surface area contributed by atoms with Crippen molar-refractivity contribution in [3.63, 3.8) is 0 Å². The van der Waals surface area contributed by atoms with E-state index in [1.807, 2.05) is 0 Å². The highest BCUT2D eigenvalue weighted by Gasteiger charge is 2.19. The molecule has 0 N–H and O–H groups in total. The number of ether oxygens (including phenoxy) is 1. The Labute approximate surface area is 84.9 Å². The maximum absolute atomic E-state index is 11.2. The molecule has 1 aromatic rings. The first-order valence-electron chi connectivity index (χ1n) is 4.46. The van der Waals surface area contributed by atoms with Crippen LogP contribution in [0.4, 0.5) is 0 Å². The van der Waals surface area contributed by atoms with Crippen molar-refractivity contribution in [2.75, 3.05) is 6.61 Å². The molecule has 1 unspecified atom stereocenters. The predicted octanol–water partition coefficient (Wildman–Crippen LogP) is 0.623. The smallest absolute Gasteiger partial charge is 0.299 e. The van der Waals surface area contributed by atoms with Gasteiger partial charge in [0.2, 0.25) is 0 Å². The topological polar surface area (TPSA) is 92.9 Å². The highest BCUT2D eigenvalue weighted by atomic mass is 16.5. The molecule has 0 radical (unpaired) electrons. The Kier molecular flexibility index (Phi) is 2.31. The Morgan fingerprint density at radius 2 is 2.60 bits per heavy atom. The third-order valence-electron chi connectivity index (χ3n) is 2.16. The molecule has 0 amide bonds. The molecular formula is C8H9N5O2. The van der Waals surface area contributed by atoms with Crippen molar-refractivity contribution >= 4 is 0 Å². The highest BCUT2D eigenvalue weighted by molar-refractivity contribution is 5.10. The molecule has 2 rings (SSSR count). The lowest BCUT2D eigenvalue weighted by atomic mass is 10.3. The molecule has 0 saturated heterocycles. The second kappa shape index (κ2) is 3.62. The molecule has 0 spiro atoms. The van der Waals surface area contributed by atoms with Crippen LogP contribution in [0.3, 0.4) is 0 Å². The average Bonchev–Trinajstić information content (AvgIpc) is 2.21. The number of azide groups is 1. The van der Waals surface area contributed by atoms with E-state index in [4.69, 9.17) is 10.3 Å². The largest absolute Gasteiger partial charge is 0.464 e. The van der Waals surface area contributed by atoms with Gasteiger partial charge in [-0.3, -0.25) is 4.79 Å². The second-order valence-corrected chi connectivity index (χ2v) is 3.33. The third kappa shape index (κ3) is 1.77. The van der Waals surface area contributed by atoms with Crippen molar-refractivity contribution in [3.05, 3.63) is 32.6 Å². The molecule has 1 atom stereocenters. The van der Waals surface area contributed by atoms with Gasteiger partial charge in [0.15, 0.2) is 0 Å². The number of hydrogen-bond acceptors (Lipinski definition) is 4. The van der Waals surface area contributed by atoms with E-state index in [9.17, 15) is 4.79 Å². The van der Waals surface area contributed by atoms with Crippen molar-refractivity contribution in [3.8, 4) is 6.01 Å². The minimum Gasteiger partial charge on any atom is -0.464 e. The van der Waals surface area contributed by atoms with Crippen LogP contribution in [-0.2, 0) is 6.54 Å². The fourth-order valence-electron chi connectivity index (χ4n) is 1.42. The van der Waals surface area contributed by atoms with Crippen LogP contribution in [0, 0.1) is 6.92 Å². The summed E-state index contributed by atoms with van der Waals surface area (Å²) in [5.74, 6) is 0. The van der Waals surface area contributed by atoms with E-state index in [2.05, 4.69) is 15.0 Å². The van der Waals surface area contributed by atoms with Gasteiger partial charge in [-0.2, -0.15) is 4.98 Å². The molecule has 1 aliphatic rings. The van der Waals surface area contributed by atoms with Gasteiger partial charge in [-0.25, -0.2) is 0 Å². The van der Waals surface area contributed by atoms with E-state index in [-0.39, 0.29) is 24.2 Å². The summed E-state index contributed by atoms with van der Waals surface area (Å²) in [5.41, 5.74) is 8.55. The predicted molar refractivity (Wildman–Crippen MR) is 51.7 cm³/mol. The summed E-state index contributed by atoms with van der Waals surface area (Å²) < 4.78 is 6.89. The first-order chi connectivity index (χ1) is 7.20. The molecule has 0 fully saturated rings. The number of fused-ring (bicyclic) bond motifs is 1. The van der Waals surface area contributed by atoms with Crippen LogP contribution < -0.4 is 10.3 Å². The summed E-state index contributed by atoms with van der Waals surface area (Å²) in [6.07, 6.45) is 1.66. The molecule has 1 aromatic heterocycles. The van der Waals surface area contributed by atoms with E-state index in [1.54, 1.807) is 17.7 Å². The van der Waals surface area contributed by atoms with Crippen LogP contribution in [0.15, 0.2) is 16.1 Å². The van der Waals surface area contributed by atoms with Crippen LogP contribution >= 0.6 is 0 Å². The Balaban J connectivity index is 2.37. The first-order valence-corrected chi connectivity index (χ1v) is 4.46. The molecule has 2 heterocycles. The Hall–Kier alpha value is -2.01. The van der Waals surface area contributed by atoms with Gasteiger partial charge >= 0.3 is 0 Å². The number of aryl methyl sites for hydroxylation is 1. The minimum absolute atomic E-state index is 0.244. The van der Waals surface area contributed by atoms with Gasteiger partial charge in [0.05, 0.1) is 6.04 Å². The maximum Gasteiger partial charge on any atom is 0.299 e. The van der Waals surface area contributed by atoms with E-state index < -0.39 is 0 Å². The van der Waals surface area contributed by atoms with Crippen molar-refractivity contribution in [2.45, 2.75) is 19.5 Å². The first kappa shape index (κ1) is 9.54. The molecule has 1 aliphatic heterocycles. The second-order valence-electron chi connectivity index (χ2n) is 3.33. The molecule has 7 nitrogen and oxygen atoms in total. The number of aromatic nitrogens is 2. The highest BCUT2D eigenvalue weighted by Crippen LogP contribution is 2.14. The van der Waals surface area contributed by atoms with Gasteiger partial charge in [-0.05, 0) is 12.5 Å². The van der Waals surface area contributed by atoms with Gasteiger partial charge < -0.3 is 9.30 Å². The lowest BCUT2D eigenvalue weighted by molar-refractivity contribution is 0.200. The van der Waals surface area contributed by atoms with Gasteiger partial charge in [-0.1, -0.05) is 5.11 Å². The fourth-order valence-corrected chi connectivity index (χ4v) is 1.42. The fraction of sp³-hybridized carbons (Fsp3) is 0.500. The summed E-state index contributed by atoms with van der Waals surface area (Å²) in [6.45, 7) is 2.44. The molecule has 15 heavy (non-hydrogen) atoms. The maximum atomic E-state index is 11.2.